The van der Waals surface area contributed by atoms with Crippen LogP contribution in [-0.4, -0.2) is 47.2 Å². The van der Waals surface area contributed by atoms with Gasteiger partial charge in [-0.2, -0.15) is 0 Å². The topological polar surface area (TPSA) is 60.8 Å². The number of rotatable bonds is 4. The summed E-state index contributed by atoms with van der Waals surface area (Å²) in [4.78, 5) is 14.5. The first-order valence-electron chi connectivity index (χ1n) is 10.8. The monoisotopic (exact) mass is 373 g/mol. The first kappa shape index (κ1) is 19.2. The maximum atomic E-state index is 12.5. The van der Waals surface area contributed by atoms with Crippen molar-refractivity contribution in [2.75, 3.05) is 20.7 Å². The molecule has 0 aromatic carbocycles. The lowest BCUT2D eigenvalue weighted by atomic mass is 9.54. The molecule has 2 saturated carbocycles. The molecule has 2 fully saturated rings. The van der Waals surface area contributed by atoms with Gasteiger partial charge in [0, 0.05) is 27.1 Å². The van der Waals surface area contributed by atoms with E-state index in [1.807, 2.05) is 19.0 Å². The number of allylic oxidation sites excluding steroid dienone is 4. The van der Waals surface area contributed by atoms with Crippen molar-refractivity contribution in [2.24, 2.45) is 17.3 Å². The van der Waals surface area contributed by atoms with Crippen molar-refractivity contribution in [1.29, 1.82) is 0 Å². The highest BCUT2D eigenvalue weighted by molar-refractivity contribution is 5.98. The van der Waals surface area contributed by atoms with Crippen molar-refractivity contribution >= 4 is 5.78 Å². The maximum absolute atomic E-state index is 12.5. The van der Waals surface area contributed by atoms with E-state index in [2.05, 4.69) is 6.92 Å². The summed E-state index contributed by atoms with van der Waals surface area (Å²) < 4.78 is 0. The second-order valence-electron chi connectivity index (χ2n) is 9.72. The predicted octanol–water partition coefficient (Wildman–Crippen LogP) is 3.59. The van der Waals surface area contributed by atoms with Gasteiger partial charge in [-0.15, -0.1) is 0 Å². The molecule has 0 amide bonds. The van der Waals surface area contributed by atoms with Gasteiger partial charge in [0.15, 0.2) is 5.78 Å². The minimum absolute atomic E-state index is 0.0347. The van der Waals surface area contributed by atoms with Gasteiger partial charge >= 0.3 is 0 Å². The van der Waals surface area contributed by atoms with Gasteiger partial charge in [-0.3, -0.25) is 4.79 Å². The van der Waals surface area contributed by atoms with Gasteiger partial charge in [0.2, 0.25) is 0 Å². The van der Waals surface area contributed by atoms with Crippen molar-refractivity contribution in [3.05, 3.63) is 22.4 Å². The van der Waals surface area contributed by atoms with Crippen LogP contribution in [0.2, 0.25) is 0 Å². The number of nitrogens with zero attached hydrogens (tertiary/aromatic N) is 1. The second kappa shape index (κ2) is 6.73. The molecule has 2 N–H and O–H groups in total. The summed E-state index contributed by atoms with van der Waals surface area (Å²) in [6.07, 6.45) is 9.16. The van der Waals surface area contributed by atoms with E-state index in [0.717, 1.165) is 57.1 Å². The number of fused-ring (bicyclic) bond motifs is 4. The predicted molar refractivity (Wildman–Crippen MR) is 106 cm³/mol. The zero-order valence-electron chi connectivity index (χ0n) is 17.2. The van der Waals surface area contributed by atoms with E-state index in [-0.39, 0.29) is 12.0 Å². The van der Waals surface area contributed by atoms with E-state index in [1.54, 1.807) is 5.57 Å². The molecule has 27 heavy (non-hydrogen) atoms. The molecule has 0 aromatic heterocycles. The van der Waals surface area contributed by atoms with Crippen LogP contribution in [0.15, 0.2) is 22.4 Å². The third-order valence-electron chi connectivity index (χ3n) is 8.40. The van der Waals surface area contributed by atoms with Crippen LogP contribution >= 0.6 is 0 Å². The first-order valence-corrected chi connectivity index (χ1v) is 10.8. The van der Waals surface area contributed by atoms with Crippen LogP contribution in [0.5, 0.6) is 0 Å². The van der Waals surface area contributed by atoms with Gasteiger partial charge in [0.1, 0.15) is 0 Å². The largest absolute Gasteiger partial charge is 0.396 e. The van der Waals surface area contributed by atoms with Crippen molar-refractivity contribution in [2.45, 2.75) is 76.7 Å². The molecule has 0 saturated heterocycles. The van der Waals surface area contributed by atoms with Crippen LogP contribution in [0.1, 0.15) is 71.1 Å². The summed E-state index contributed by atoms with van der Waals surface area (Å²) >= 11 is 0. The molecular formula is C23H35NO3. The van der Waals surface area contributed by atoms with E-state index in [0.29, 0.717) is 30.5 Å². The van der Waals surface area contributed by atoms with Crippen molar-refractivity contribution in [1.82, 2.24) is 4.90 Å². The number of Topliss-reactive ketones (excluding diaryl/α,β-unsaturated/α-hetero) is 1. The number of aliphatic hydroxyl groups excluding tert-OH is 1. The summed E-state index contributed by atoms with van der Waals surface area (Å²) in [5.41, 5.74) is 4.71. The number of ketones is 1. The minimum atomic E-state index is -0.621. The Labute approximate surface area is 163 Å². The van der Waals surface area contributed by atoms with Crippen molar-refractivity contribution in [3.63, 3.8) is 0 Å². The molecule has 0 bridgehead atoms. The van der Waals surface area contributed by atoms with Crippen LogP contribution in [0.4, 0.5) is 0 Å². The zero-order chi connectivity index (χ0) is 19.4. The lowest BCUT2D eigenvalue weighted by Gasteiger charge is -2.52. The number of hydrogen-bond donors (Lipinski definition) is 2. The third-order valence-corrected chi connectivity index (χ3v) is 8.40. The summed E-state index contributed by atoms with van der Waals surface area (Å²) in [5, 5.41) is 20.7. The SMILES string of the molecule is CN(C)C1=C2CC[C@@H]3C(=C2CCC1=O)CC[C@]1(C)[C@H]3CC[C@]1(O)CCCO. The van der Waals surface area contributed by atoms with Crippen LogP contribution in [-0.2, 0) is 4.79 Å². The lowest BCUT2D eigenvalue weighted by molar-refractivity contribution is -0.117. The Kier molecular flexibility index (Phi) is 4.79. The second-order valence-corrected chi connectivity index (χ2v) is 9.72. The number of hydrogen-bond acceptors (Lipinski definition) is 4. The molecule has 0 radical (unpaired) electrons. The van der Waals surface area contributed by atoms with E-state index in [4.69, 9.17) is 0 Å². The molecule has 0 spiro atoms. The molecule has 150 valence electrons. The average molecular weight is 374 g/mol. The first-order chi connectivity index (χ1) is 12.8. The Morgan fingerprint density at radius 2 is 1.85 bits per heavy atom. The Bertz CT molecular complexity index is 706. The molecule has 4 atom stereocenters. The molecule has 4 nitrogen and oxygen atoms in total. The smallest absolute Gasteiger partial charge is 0.179 e. The molecular weight excluding hydrogens is 338 g/mol. The maximum Gasteiger partial charge on any atom is 0.179 e. The van der Waals surface area contributed by atoms with Crippen LogP contribution < -0.4 is 0 Å². The fourth-order valence-corrected chi connectivity index (χ4v) is 7.02. The fourth-order valence-electron chi connectivity index (χ4n) is 7.02. The van der Waals surface area contributed by atoms with Crippen LogP contribution in [0.3, 0.4) is 0 Å². The van der Waals surface area contributed by atoms with E-state index >= 15 is 0 Å². The molecule has 4 aliphatic carbocycles. The third kappa shape index (κ3) is 2.74. The minimum Gasteiger partial charge on any atom is -0.396 e. The Balaban J connectivity index is 1.70. The average Bonchev–Trinajstić information content (AvgIpc) is 2.90. The quantitative estimate of drug-likeness (QED) is 0.791. The fraction of sp³-hybridized carbons (Fsp3) is 0.783. The molecule has 0 aliphatic heterocycles. The molecule has 4 heteroatoms. The molecule has 0 unspecified atom stereocenters. The molecule has 0 heterocycles. The van der Waals surface area contributed by atoms with Gasteiger partial charge in [-0.05, 0) is 86.2 Å². The highest BCUT2D eigenvalue weighted by Crippen LogP contribution is 2.64. The van der Waals surface area contributed by atoms with Gasteiger partial charge in [0.25, 0.3) is 0 Å². The molecule has 0 aromatic rings. The lowest BCUT2D eigenvalue weighted by Crippen LogP contribution is -2.50. The van der Waals surface area contributed by atoms with Crippen LogP contribution in [0.25, 0.3) is 0 Å². The number of carbonyl (C=O) groups excluding carboxylic acids is 1. The summed E-state index contributed by atoms with van der Waals surface area (Å²) in [7, 11) is 3.99. The van der Waals surface area contributed by atoms with Gasteiger partial charge < -0.3 is 15.1 Å². The van der Waals surface area contributed by atoms with Crippen molar-refractivity contribution in [3.8, 4) is 0 Å². The van der Waals surface area contributed by atoms with Gasteiger partial charge in [-0.25, -0.2) is 0 Å². The Morgan fingerprint density at radius 3 is 2.56 bits per heavy atom. The van der Waals surface area contributed by atoms with Gasteiger partial charge in [-0.1, -0.05) is 12.5 Å². The highest BCUT2D eigenvalue weighted by atomic mass is 16.3. The molecule has 4 aliphatic rings. The summed E-state index contributed by atoms with van der Waals surface area (Å²) in [6, 6.07) is 0. The Morgan fingerprint density at radius 1 is 1.07 bits per heavy atom. The normalized spacial score (nSPS) is 38.6. The van der Waals surface area contributed by atoms with Crippen molar-refractivity contribution < 1.29 is 15.0 Å². The zero-order valence-corrected chi connectivity index (χ0v) is 17.2. The van der Waals surface area contributed by atoms with E-state index < -0.39 is 5.60 Å². The Hall–Kier alpha value is -1.13. The summed E-state index contributed by atoms with van der Waals surface area (Å²) in [5.74, 6) is 1.42. The van der Waals surface area contributed by atoms with E-state index in [9.17, 15) is 15.0 Å². The van der Waals surface area contributed by atoms with Crippen LogP contribution in [0, 0.1) is 17.3 Å². The van der Waals surface area contributed by atoms with Gasteiger partial charge in [0.05, 0.1) is 11.3 Å². The standard InChI is InChI=1S/C23H35NO3/c1-22-12-9-16-15-7-8-20(26)21(24(2)3)18(15)6-5-17(16)19(22)10-13-23(22,27)11-4-14-25/h17,19,25,27H,4-14H2,1-3H3/t17-,19+,22-,23-/m1/s1. The molecule has 4 rings (SSSR count). The number of carbonyl (C=O) groups is 1. The number of likely N-dealkylation sites (N-methyl/N-ethyl adjacent to an activating group) is 1. The summed E-state index contributed by atoms with van der Waals surface area (Å²) in [6.45, 7) is 2.47. The highest BCUT2D eigenvalue weighted by Gasteiger charge is 2.60. The number of aliphatic hydroxyl groups is 2. The van der Waals surface area contributed by atoms with E-state index in [1.165, 1.54) is 11.1 Å².